The Morgan fingerprint density at radius 3 is 2.43 bits per heavy atom. The van der Waals surface area contributed by atoms with Crippen LogP contribution in [0.15, 0.2) is 12.1 Å². The molecule has 0 bridgehead atoms. The van der Waals surface area contributed by atoms with Gasteiger partial charge in [0.1, 0.15) is 5.75 Å². The highest BCUT2D eigenvalue weighted by Crippen LogP contribution is 2.22. The Morgan fingerprint density at radius 1 is 1.36 bits per heavy atom. The molecule has 0 spiro atoms. The molecule has 1 atom stereocenters. The van der Waals surface area contributed by atoms with E-state index in [1.807, 2.05) is 0 Å². The fourth-order valence-corrected chi connectivity index (χ4v) is 1.27. The smallest absolute Gasteiger partial charge is 0.162 e. The van der Waals surface area contributed by atoms with E-state index in [-0.39, 0.29) is 6.04 Å². The fourth-order valence-electron chi connectivity index (χ4n) is 1.27. The van der Waals surface area contributed by atoms with E-state index in [1.165, 1.54) is 7.11 Å². The zero-order valence-corrected chi connectivity index (χ0v) is 8.18. The van der Waals surface area contributed by atoms with Gasteiger partial charge in [0.2, 0.25) is 0 Å². The minimum atomic E-state index is -0.907. The molecule has 0 saturated heterocycles. The first-order valence-electron chi connectivity index (χ1n) is 4.32. The highest BCUT2D eigenvalue weighted by molar-refractivity contribution is 5.35. The van der Waals surface area contributed by atoms with E-state index in [0.29, 0.717) is 17.7 Å². The van der Waals surface area contributed by atoms with Gasteiger partial charge in [0.05, 0.1) is 7.11 Å². The lowest BCUT2D eigenvalue weighted by Gasteiger charge is -2.10. The van der Waals surface area contributed by atoms with Crippen LogP contribution in [0, 0.1) is 11.6 Å². The molecule has 0 aromatic heterocycles. The van der Waals surface area contributed by atoms with E-state index in [0.717, 1.165) is 12.1 Å². The van der Waals surface area contributed by atoms with Crippen molar-refractivity contribution in [3.8, 4) is 5.75 Å². The summed E-state index contributed by atoms with van der Waals surface area (Å²) in [5.41, 5.74) is 6.15. The maximum atomic E-state index is 12.9. The van der Waals surface area contributed by atoms with Gasteiger partial charge < -0.3 is 10.5 Å². The van der Waals surface area contributed by atoms with E-state index in [9.17, 15) is 8.78 Å². The molecular weight excluding hydrogens is 188 g/mol. The molecule has 0 fully saturated rings. The quantitative estimate of drug-likeness (QED) is 0.810. The number of hydrogen-bond donors (Lipinski definition) is 1. The molecule has 1 aromatic carbocycles. The van der Waals surface area contributed by atoms with Crippen LogP contribution >= 0.6 is 0 Å². The van der Waals surface area contributed by atoms with Crippen molar-refractivity contribution in [3.63, 3.8) is 0 Å². The monoisotopic (exact) mass is 201 g/mol. The van der Waals surface area contributed by atoms with Gasteiger partial charge in [-0.05, 0) is 25.0 Å². The molecule has 2 N–H and O–H groups in total. The molecule has 0 aliphatic heterocycles. The summed E-state index contributed by atoms with van der Waals surface area (Å²) < 4.78 is 30.6. The van der Waals surface area contributed by atoms with Gasteiger partial charge in [0.25, 0.3) is 0 Å². The maximum Gasteiger partial charge on any atom is 0.162 e. The second kappa shape index (κ2) is 4.37. The molecule has 0 radical (unpaired) electrons. The van der Waals surface area contributed by atoms with Gasteiger partial charge in [0.15, 0.2) is 11.6 Å². The molecule has 78 valence electrons. The van der Waals surface area contributed by atoms with Gasteiger partial charge in [-0.1, -0.05) is 0 Å². The molecule has 1 rings (SSSR count). The predicted octanol–water partition coefficient (Wildman–Crippen LogP) is 1.86. The van der Waals surface area contributed by atoms with E-state index >= 15 is 0 Å². The van der Waals surface area contributed by atoms with Gasteiger partial charge in [0, 0.05) is 12.1 Å². The number of benzene rings is 1. The van der Waals surface area contributed by atoms with Crippen molar-refractivity contribution in [2.24, 2.45) is 5.73 Å². The summed E-state index contributed by atoms with van der Waals surface area (Å²) in [5, 5.41) is 0. The zero-order valence-electron chi connectivity index (χ0n) is 8.18. The highest BCUT2D eigenvalue weighted by Gasteiger charge is 2.11. The third kappa shape index (κ3) is 2.42. The number of nitrogens with two attached hydrogens (primary N) is 1. The van der Waals surface area contributed by atoms with E-state index < -0.39 is 11.6 Å². The van der Waals surface area contributed by atoms with Crippen molar-refractivity contribution in [2.45, 2.75) is 19.4 Å². The van der Waals surface area contributed by atoms with Crippen molar-refractivity contribution < 1.29 is 13.5 Å². The van der Waals surface area contributed by atoms with Crippen molar-refractivity contribution in [3.05, 3.63) is 29.3 Å². The van der Waals surface area contributed by atoms with Gasteiger partial charge >= 0.3 is 0 Å². The van der Waals surface area contributed by atoms with Crippen molar-refractivity contribution in [1.82, 2.24) is 0 Å². The molecular formula is C10H13F2NO. The molecule has 0 heterocycles. The summed E-state index contributed by atoms with van der Waals surface area (Å²) in [7, 11) is 1.41. The molecule has 1 unspecified atom stereocenters. The molecule has 0 saturated carbocycles. The lowest BCUT2D eigenvalue weighted by molar-refractivity contribution is 0.399. The number of methoxy groups -OCH3 is 1. The average Bonchev–Trinajstić information content (AvgIpc) is 2.10. The maximum absolute atomic E-state index is 12.9. The van der Waals surface area contributed by atoms with Crippen molar-refractivity contribution in [2.75, 3.05) is 7.11 Å². The van der Waals surface area contributed by atoms with Crippen LogP contribution in [0.3, 0.4) is 0 Å². The Labute approximate surface area is 81.7 Å². The third-order valence-electron chi connectivity index (χ3n) is 1.87. The van der Waals surface area contributed by atoms with Gasteiger partial charge in [-0.3, -0.25) is 0 Å². The Bertz CT molecular complexity index is 326. The average molecular weight is 201 g/mol. The summed E-state index contributed by atoms with van der Waals surface area (Å²) in [6, 6.07) is 2.04. The minimum Gasteiger partial charge on any atom is -0.496 e. The van der Waals surface area contributed by atoms with E-state index in [2.05, 4.69) is 0 Å². The molecule has 1 aromatic rings. The second-order valence-corrected chi connectivity index (χ2v) is 3.26. The summed E-state index contributed by atoms with van der Waals surface area (Å²) in [5.74, 6) is -1.45. The van der Waals surface area contributed by atoms with Crippen LogP contribution in [0.25, 0.3) is 0 Å². The predicted molar refractivity (Wildman–Crippen MR) is 50.3 cm³/mol. The number of halogens is 2. The molecule has 0 aliphatic carbocycles. The first-order chi connectivity index (χ1) is 6.54. The normalized spacial score (nSPS) is 12.6. The van der Waals surface area contributed by atoms with Crippen LogP contribution in [0.4, 0.5) is 8.78 Å². The number of rotatable bonds is 3. The summed E-state index contributed by atoms with van der Waals surface area (Å²) in [6.07, 6.45) is 0.459. The SMILES string of the molecule is COc1cc(F)c(F)cc1CC(C)N. The summed E-state index contributed by atoms with van der Waals surface area (Å²) >= 11 is 0. The van der Waals surface area contributed by atoms with E-state index in [1.54, 1.807) is 6.92 Å². The van der Waals surface area contributed by atoms with Crippen molar-refractivity contribution in [1.29, 1.82) is 0 Å². The largest absolute Gasteiger partial charge is 0.496 e. The zero-order chi connectivity index (χ0) is 10.7. The molecule has 0 aliphatic rings. The number of hydrogen-bond acceptors (Lipinski definition) is 2. The van der Waals surface area contributed by atoms with Crippen LogP contribution in [-0.2, 0) is 6.42 Å². The van der Waals surface area contributed by atoms with Gasteiger partial charge in [-0.15, -0.1) is 0 Å². The van der Waals surface area contributed by atoms with Crippen molar-refractivity contribution >= 4 is 0 Å². The Kier molecular flexibility index (Phi) is 3.41. The molecule has 2 nitrogen and oxygen atoms in total. The van der Waals surface area contributed by atoms with Gasteiger partial charge in [-0.25, -0.2) is 8.78 Å². The lowest BCUT2D eigenvalue weighted by Crippen LogP contribution is -2.18. The van der Waals surface area contributed by atoms with Crippen LogP contribution in [0.5, 0.6) is 5.75 Å². The molecule has 0 amide bonds. The summed E-state index contributed by atoms with van der Waals surface area (Å²) in [4.78, 5) is 0. The Morgan fingerprint density at radius 2 is 1.93 bits per heavy atom. The Hall–Kier alpha value is -1.16. The van der Waals surface area contributed by atoms with Crippen LogP contribution in [-0.4, -0.2) is 13.2 Å². The fraction of sp³-hybridized carbons (Fsp3) is 0.400. The lowest BCUT2D eigenvalue weighted by atomic mass is 10.1. The van der Waals surface area contributed by atoms with Gasteiger partial charge in [-0.2, -0.15) is 0 Å². The van der Waals surface area contributed by atoms with Crippen LogP contribution in [0.1, 0.15) is 12.5 Å². The first kappa shape index (κ1) is 10.9. The highest BCUT2D eigenvalue weighted by atomic mass is 19.2. The van der Waals surface area contributed by atoms with Crippen LogP contribution in [0.2, 0.25) is 0 Å². The summed E-state index contributed by atoms with van der Waals surface area (Å²) in [6.45, 7) is 1.79. The first-order valence-corrected chi connectivity index (χ1v) is 4.32. The number of ether oxygens (including phenoxy) is 1. The molecule has 14 heavy (non-hydrogen) atoms. The standard InChI is InChI=1S/C10H13F2NO/c1-6(13)3-7-4-8(11)9(12)5-10(7)14-2/h4-6H,3,13H2,1-2H3. The second-order valence-electron chi connectivity index (χ2n) is 3.26. The minimum absolute atomic E-state index is 0.117. The molecule has 4 heteroatoms. The topological polar surface area (TPSA) is 35.2 Å². The third-order valence-corrected chi connectivity index (χ3v) is 1.87. The van der Waals surface area contributed by atoms with E-state index in [4.69, 9.17) is 10.5 Å². The Balaban J connectivity index is 3.07. The van der Waals surface area contributed by atoms with Crippen LogP contribution < -0.4 is 10.5 Å².